The van der Waals surface area contributed by atoms with E-state index in [1.165, 1.54) is 41.1 Å². The number of imidazole rings is 1. The van der Waals surface area contributed by atoms with E-state index in [4.69, 9.17) is 4.74 Å². The third kappa shape index (κ3) is 4.19. The quantitative estimate of drug-likeness (QED) is 0.492. The Morgan fingerprint density at radius 1 is 0.970 bits per heavy atom. The van der Waals surface area contributed by atoms with E-state index in [0.29, 0.717) is 43.3 Å². The molecule has 11 heteroatoms. The van der Waals surface area contributed by atoms with Gasteiger partial charge in [-0.05, 0) is 31.2 Å². The topological polar surface area (TPSA) is 80.5 Å². The van der Waals surface area contributed by atoms with Crippen LogP contribution in [0.4, 0.5) is 24.8 Å². The second-order valence-electron chi connectivity index (χ2n) is 7.62. The van der Waals surface area contributed by atoms with Crippen LogP contribution in [0.3, 0.4) is 0 Å². The number of aromatic nitrogens is 5. The van der Waals surface area contributed by atoms with Gasteiger partial charge in [0.05, 0.1) is 37.3 Å². The number of pyridine rings is 2. The summed E-state index contributed by atoms with van der Waals surface area (Å²) in [6, 6.07) is 5.17. The Morgan fingerprint density at radius 2 is 1.76 bits per heavy atom. The number of hydrogen-bond acceptors (Lipinski definition) is 7. The van der Waals surface area contributed by atoms with Crippen LogP contribution < -0.4 is 10.2 Å². The lowest BCUT2D eigenvalue weighted by Crippen LogP contribution is -2.37. The Kier molecular flexibility index (Phi) is 5.55. The molecule has 1 N–H and O–H groups in total. The Morgan fingerprint density at radius 3 is 2.52 bits per heavy atom. The van der Waals surface area contributed by atoms with E-state index in [1.807, 2.05) is 0 Å². The van der Waals surface area contributed by atoms with Crippen molar-refractivity contribution >= 4 is 17.3 Å². The minimum atomic E-state index is -0.630. The average Bonchev–Trinajstić information content (AvgIpc) is 3.24. The van der Waals surface area contributed by atoms with Gasteiger partial charge in [-0.3, -0.25) is 9.38 Å². The monoisotopic (exact) mass is 455 g/mol. The first-order valence-corrected chi connectivity index (χ1v) is 10.4. The summed E-state index contributed by atoms with van der Waals surface area (Å²) in [6.07, 6.45) is 3.89. The zero-order valence-corrected chi connectivity index (χ0v) is 17.7. The molecule has 5 rings (SSSR count). The number of rotatable bonds is 5. The van der Waals surface area contributed by atoms with Crippen LogP contribution in [-0.4, -0.2) is 50.6 Å². The molecule has 4 aromatic heterocycles. The molecule has 1 aliphatic heterocycles. The smallest absolute Gasteiger partial charge is 0.207 e. The van der Waals surface area contributed by atoms with Gasteiger partial charge in [0.15, 0.2) is 17.5 Å². The fraction of sp³-hybridized carbons (Fsp3) is 0.273. The molecule has 8 nitrogen and oxygen atoms in total. The van der Waals surface area contributed by atoms with Crippen LogP contribution in [0.25, 0.3) is 17.2 Å². The van der Waals surface area contributed by atoms with Crippen LogP contribution in [0, 0.1) is 17.5 Å². The van der Waals surface area contributed by atoms with Gasteiger partial charge in [-0.25, -0.2) is 23.7 Å². The molecular weight excluding hydrogens is 435 g/mol. The maximum absolute atomic E-state index is 15.6. The Balaban J connectivity index is 1.59. The molecule has 4 aromatic rings. The van der Waals surface area contributed by atoms with Crippen molar-refractivity contribution in [1.82, 2.24) is 24.3 Å². The van der Waals surface area contributed by atoms with Crippen LogP contribution in [0.15, 0.2) is 42.9 Å². The molecule has 0 spiro atoms. The predicted octanol–water partition coefficient (Wildman–Crippen LogP) is 3.61. The summed E-state index contributed by atoms with van der Waals surface area (Å²) in [4.78, 5) is 19.0. The number of hydrogen-bond donors (Lipinski definition) is 1. The summed E-state index contributed by atoms with van der Waals surface area (Å²) in [5, 5.41) is 3.01. The minimum absolute atomic E-state index is 0.0496. The highest BCUT2D eigenvalue weighted by molar-refractivity contribution is 5.63. The predicted molar refractivity (Wildman–Crippen MR) is 115 cm³/mol. The Hall–Kier alpha value is -3.73. The lowest BCUT2D eigenvalue weighted by atomic mass is 10.2. The fourth-order valence-electron chi connectivity index (χ4n) is 3.67. The molecule has 1 aliphatic rings. The van der Waals surface area contributed by atoms with E-state index >= 15 is 4.39 Å². The molecule has 0 amide bonds. The van der Waals surface area contributed by atoms with E-state index in [9.17, 15) is 8.78 Å². The lowest BCUT2D eigenvalue weighted by molar-refractivity contribution is 0.122. The van der Waals surface area contributed by atoms with Crippen LogP contribution in [-0.2, 0) is 4.74 Å². The van der Waals surface area contributed by atoms with Crippen molar-refractivity contribution in [3.63, 3.8) is 0 Å². The van der Waals surface area contributed by atoms with E-state index in [1.54, 1.807) is 11.8 Å². The summed E-state index contributed by atoms with van der Waals surface area (Å²) in [6.45, 7) is 3.57. The first kappa shape index (κ1) is 21.1. The zero-order chi connectivity index (χ0) is 22.9. The Bertz CT molecular complexity index is 1290. The first-order valence-electron chi connectivity index (χ1n) is 10.4. The number of ether oxygens (including phenoxy) is 1. The molecule has 0 radical (unpaired) electrons. The summed E-state index contributed by atoms with van der Waals surface area (Å²) in [5.41, 5.74) is 1.43. The highest BCUT2D eigenvalue weighted by Crippen LogP contribution is 2.30. The van der Waals surface area contributed by atoms with Gasteiger partial charge in [0.25, 0.3) is 0 Å². The van der Waals surface area contributed by atoms with Gasteiger partial charge in [-0.1, -0.05) is 0 Å². The van der Waals surface area contributed by atoms with Crippen molar-refractivity contribution in [2.45, 2.75) is 13.0 Å². The fourth-order valence-corrected chi connectivity index (χ4v) is 3.67. The summed E-state index contributed by atoms with van der Waals surface area (Å²) in [5.74, 6) is -1.31. The number of fused-ring (bicyclic) bond motifs is 1. The average molecular weight is 455 g/mol. The van der Waals surface area contributed by atoms with Gasteiger partial charge < -0.3 is 15.0 Å². The molecule has 0 saturated carbocycles. The molecule has 1 atom stereocenters. The van der Waals surface area contributed by atoms with Gasteiger partial charge >= 0.3 is 0 Å². The molecule has 170 valence electrons. The van der Waals surface area contributed by atoms with Crippen molar-refractivity contribution in [2.24, 2.45) is 0 Å². The standard InChI is InChI=1S/C22H20F3N7O/c1-13(16-4-2-14(23)10-26-16)28-21-19(25)22(31-6-8-33-9-7-31)30-20(29-21)17-11-27-18-5-3-15(24)12-32(17)18/h2-5,10-13H,6-9H2,1H3,(H,28,29,30). The molecule has 1 unspecified atom stereocenters. The van der Waals surface area contributed by atoms with E-state index in [-0.39, 0.29) is 17.5 Å². The molecule has 0 aromatic carbocycles. The second-order valence-corrected chi connectivity index (χ2v) is 7.62. The maximum Gasteiger partial charge on any atom is 0.207 e. The Labute approximate surface area is 187 Å². The summed E-state index contributed by atoms with van der Waals surface area (Å²) < 4.78 is 49.6. The zero-order valence-electron chi connectivity index (χ0n) is 17.7. The van der Waals surface area contributed by atoms with Crippen molar-refractivity contribution in [3.8, 4) is 11.5 Å². The largest absolute Gasteiger partial charge is 0.378 e. The third-order valence-electron chi connectivity index (χ3n) is 5.39. The van der Waals surface area contributed by atoms with Gasteiger partial charge in [0.2, 0.25) is 5.82 Å². The van der Waals surface area contributed by atoms with E-state index in [2.05, 4.69) is 25.3 Å². The van der Waals surface area contributed by atoms with E-state index in [0.717, 1.165) is 6.20 Å². The second kappa shape index (κ2) is 8.66. The highest BCUT2D eigenvalue weighted by atomic mass is 19.1. The summed E-state index contributed by atoms with van der Waals surface area (Å²) in [7, 11) is 0. The van der Waals surface area contributed by atoms with Crippen LogP contribution in [0.1, 0.15) is 18.7 Å². The number of nitrogens with one attached hydrogen (secondary N) is 1. The number of morpholine rings is 1. The highest BCUT2D eigenvalue weighted by Gasteiger charge is 2.24. The maximum atomic E-state index is 15.6. The molecule has 1 saturated heterocycles. The van der Waals surface area contributed by atoms with Gasteiger partial charge in [-0.15, -0.1) is 0 Å². The van der Waals surface area contributed by atoms with Crippen molar-refractivity contribution in [1.29, 1.82) is 0 Å². The molecular formula is C22H20F3N7O. The molecule has 5 heterocycles. The van der Waals surface area contributed by atoms with Gasteiger partial charge in [0, 0.05) is 19.3 Å². The molecule has 33 heavy (non-hydrogen) atoms. The number of nitrogens with zero attached hydrogens (tertiary/aromatic N) is 6. The van der Waals surface area contributed by atoms with Crippen LogP contribution in [0.2, 0.25) is 0 Å². The van der Waals surface area contributed by atoms with Gasteiger partial charge in [0.1, 0.15) is 23.0 Å². The molecule has 0 bridgehead atoms. The van der Waals surface area contributed by atoms with Crippen LogP contribution in [0.5, 0.6) is 0 Å². The first-order chi connectivity index (χ1) is 16.0. The normalized spacial score (nSPS) is 15.1. The SMILES string of the molecule is CC(Nc1nc(-c2cnc3ccc(F)cn23)nc(N2CCOCC2)c1F)c1ccc(F)cn1. The number of anilines is 2. The van der Waals surface area contributed by atoms with Crippen LogP contribution >= 0.6 is 0 Å². The molecule has 1 fully saturated rings. The van der Waals surface area contributed by atoms with Gasteiger partial charge in [-0.2, -0.15) is 4.39 Å². The van der Waals surface area contributed by atoms with Crippen molar-refractivity contribution < 1.29 is 17.9 Å². The third-order valence-corrected chi connectivity index (χ3v) is 5.39. The van der Waals surface area contributed by atoms with Crippen molar-refractivity contribution in [2.75, 3.05) is 36.5 Å². The van der Waals surface area contributed by atoms with Crippen molar-refractivity contribution in [3.05, 3.63) is 66.0 Å². The van der Waals surface area contributed by atoms with E-state index < -0.39 is 23.5 Å². The molecule has 0 aliphatic carbocycles. The summed E-state index contributed by atoms with van der Waals surface area (Å²) >= 11 is 0. The lowest BCUT2D eigenvalue weighted by Gasteiger charge is -2.29. The number of halogens is 3. The minimum Gasteiger partial charge on any atom is -0.378 e.